The Kier molecular flexibility index (Phi) is 8.49. The number of ketones is 1. The first-order valence-corrected chi connectivity index (χ1v) is 11.4. The SMILES string of the molecule is CC1CCCC(C)N1CC(=O)N[C@@H](Cc1ccc(F)c(F)c1)C(=O)CCc1ccnc(N)c1. The van der Waals surface area contributed by atoms with E-state index >= 15 is 0 Å². The van der Waals surface area contributed by atoms with Crippen molar-refractivity contribution in [1.29, 1.82) is 0 Å². The van der Waals surface area contributed by atoms with E-state index in [1.165, 1.54) is 6.07 Å². The molecule has 33 heavy (non-hydrogen) atoms. The molecule has 2 unspecified atom stereocenters. The lowest BCUT2D eigenvalue weighted by Gasteiger charge is -2.38. The van der Waals surface area contributed by atoms with Crippen LogP contribution in [0.3, 0.4) is 0 Å². The average Bonchev–Trinajstić information content (AvgIpc) is 2.77. The number of hydrogen-bond donors (Lipinski definition) is 2. The van der Waals surface area contributed by atoms with Crippen LogP contribution in [0.25, 0.3) is 0 Å². The fraction of sp³-hybridized carbons (Fsp3) is 0.480. The summed E-state index contributed by atoms with van der Waals surface area (Å²) < 4.78 is 27.1. The van der Waals surface area contributed by atoms with Gasteiger partial charge in [-0.2, -0.15) is 0 Å². The van der Waals surface area contributed by atoms with Gasteiger partial charge in [-0.05, 0) is 74.9 Å². The molecule has 178 valence electrons. The highest BCUT2D eigenvalue weighted by Gasteiger charge is 2.28. The maximum absolute atomic E-state index is 13.7. The average molecular weight is 459 g/mol. The number of Topliss-reactive ketones (excluding diaryl/α,β-unsaturated/α-hetero) is 1. The molecule has 1 aromatic carbocycles. The van der Waals surface area contributed by atoms with E-state index in [0.717, 1.165) is 37.0 Å². The number of pyridine rings is 1. The van der Waals surface area contributed by atoms with E-state index in [0.29, 0.717) is 17.8 Å². The number of nitrogens with zero attached hydrogens (tertiary/aromatic N) is 2. The number of likely N-dealkylation sites (tertiary alicyclic amines) is 1. The third kappa shape index (κ3) is 7.05. The molecule has 2 heterocycles. The summed E-state index contributed by atoms with van der Waals surface area (Å²) in [5.41, 5.74) is 7.02. The molecule has 1 aliphatic rings. The zero-order chi connectivity index (χ0) is 24.0. The van der Waals surface area contributed by atoms with Gasteiger partial charge in [-0.3, -0.25) is 14.5 Å². The Balaban J connectivity index is 1.70. The van der Waals surface area contributed by atoms with Gasteiger partial charge in [0, 0.05) is 24.7 Å². The normalized spacial score (nSPS) is 19.8. The first-order chi connectivity index (χ1) is 15.7. The minimum atomic E-state index is -0.978. The molecule has 1 aromatic heterocycles. The van der Waals surface area contributed by atoms with Gasteiger partial charge < -0.3 is 11.1 Å². The van der Waals surface area contributed by atoms with Crippen LogP contribution >= 0.6 is 0 Å². The van der Waals surface area contributed by atoms with E-state index in [-0.39, 0.29) is 43.2 Å². The number of benzene rings is 1. The molecule has 0 bridgehead atoms. The Morgan fingerprint density at radius 2 is 1.85 bits per heavy atom. The Labute approximate surface area is 193 Å². The Morgan fingerprint density at radius 1 is 1.12 bits per heavy atom. The molecule has 1 amide bonds. The van der Waals surface area contributed by atoms with Crippen LogP contribution in [-0.2, 0) is 22.4 Å². The van der Waals surface area contributed by atoms with Crippen LogP contribution in [0.15, 0.2) is 36.5 Å². The number of carbonyl (C=O) groups excluding carboxylic acids is 2. The molecule has 6 nitrogen and oxygen atoms in total. The summed E-state index contributed by atoms with van der Waals surface area (Å²) in [6.07, 6.45) is 5.48. The standard InChI is InChI=1S/C25H32F2N4O2/c1-16-4-3-5-17(2)31(16)15-25(33)30-22(13-19-6-8-20(26)21(27)12-19)23(32)9-7-18-10-11-29-24(28)14-18/h6,8,10-12,14,16-17,22H,3-5,7,9,13,15H2,1-2H3,(H2,28,29)(H,30,33)/t16?,17?,22-/m0/s1. The van der Waals surface area contributed by atoms with Gasteiger partial charge in [-0.25, -0.2) is 13.8 Å². The summed E-state index contributed by atoms with van der Waals surface area (Å²) in [5.74, 6) is -1.98. The molecule has 0 saturated carbocycles. The minimum absolute atomic E-state index is 0.0887. The van der Waals surface area contributed by atoms with E-state index in [1.807, 2.05) is 0 Å². The van der Waals surface area contributed by atoms with Crippen molar-refractivity contribution >= 4 is 17.5 Å². The molecule has 0 aliphatic carbocycles. The summed E-state index contributed by atoms with van der Waals surface area (Å²) in [7, 11) is 0. The first-order valence-electron chi connectivity index (χ1n) is 11.4. The largest absolute Gasteiger partial charge is 0.384 e. The number of carbonyl (C=O) groups is 2. The van der Waals surface area contributed by atoms with Gasteiger partial charge in [0.05, 0.1) is 12.6 Å². The van der Waals surface area contributed by atoms with Crippen molar-refractivity contribution < 1.29 is 18.4 Å². The van der Waals surface area contributed by atoms with E-state index in [9.17, 15) is 18.4 Å². The topological polar surface area (TPSA) is 88.3 Å². The smallest absolute Gasteiger partial charge is 0.234 e. The highest BCUT2D eigenvalue weighted by molar-refractivity contribution is 5.90. The first kappa shape index (κ1) is 24.8. The molecule has 3 rings (SSSR count). The number of rotatable bonds is 9. The zero-order valence-electron chi connectivity index (χ0n) is 19.2. The highest BCUT2D eigenvalue weighted by Crippen LogP contribution is 2.22. The Morgan fingerprint density at radius 3 is 2.52 bits per heavy atom. The number of piperidine rings is 1. The van der Waals surface area contributed by atoms with Gasteiger partial charge in [0.15, 0.2) is 17.4 Å². The van der Waals surface area contributed by atoms with Crippen molar-refractivity contribution in [2.75, 3.05) is 12.3 Å². The van der Waals surface area contributed by atoms with E-state index in [2.05, 4.69) is 29.0 Å². The Hall–Kier alpha value is -2.87. The number of nitrogens with two attached hydrogens (primary N) is 1. The van der Waals surface area contributed by atoms with E-state index in [1.54, 1.807) is 18.3 Å². The van der Waals surface area contributed by atoms with Crippen molar-refractivity contribution in [3.05, 3.63) is 59.3 Å². The summed E-state index contributed by atoms with van der Waals surface area (Å²) in [5, 5.41) is 2.85. The molecule has 0 radical (unpaired) electrons. The number of anilines is 1. The van der Waals surface area contributed by atoms with Crippen molar-refractivity contribution in [2.45, 2.75) is 70.5 Å². The summed E-state index contributed by atoms with van der Waals surface area (Å²) >= 11 is 0. The lowest BCUT2D eigenvalue weighted by Crippen LogP contribution is -2.51. The van der Waals surface area contributed by atoms with Crippen LogP contribution in [0.5, 0.6) is 0 Å². The number of halogens is 2. The van der Waals surface area contributed by atoms with Crippen LogP contribution in [0.1, 0.15) is 50.7 Å². The lowest BCUT2D eigenvalue weighted by atomic mass is 9.96. The number of nitrogens with one attached hydrogen (secondary N) is 1. The maximum Gasteiger partial charge on any atom is 0.234 e. The quantitative estimate of drug-likeness (QED) is 0.601. The second-order valence-corrected chi connectivity index (χ2v) is 8.93. The Bertz CT molecular complexity index is 975. The van der Waals surface area contributed by atoms with Gasteiger partial charge in [-0.15, -0.1) is 0 Å². The molecule has 3 atom stereocenters. The minimum Gasteiger partial charge on any atom is -0.384 e. The molecule has 1 aliphatic heterocycles. The fourth-order valence-electron chi connectivity index (χ4n) is 4.43. The van der Waals surface area contributed by atoms with Crippen LogP contribution in [0.4, 0.5) is 14.6 Å². The molecule has 1 saturated heterocycles. The van der Waals surface area contributed by atoms with Gasteiger partial charge in [-0.1, -0.05) is 12.5 Å². The van der Waals surface area contributed by atoms with Crippen LogP contribution in [0, 0.1) is 11.6 Å². The number of nitrogen functional groups attached to an aromatic ring is 1. The number of aromatic nitrogens is 1. The fourth-order valence-corrected chi connectivity index (χ4v) is 4.43. The van der Waals surface area contributed by atoms with Crippen LogP contribution in [-0.4, -0.2) is 46.2 Å². The molecular weight excluding hydrogens is 426 g/mol. The number of amides is 1. The molecule has 0 spiro atoms. The van der Waals surface area contributed by atoms with Crippen molar-refractivity contribution in [1.82, 2.24) is 15.2 Å². The van der Waals surface area contributed by atoms with E-state index < -0.39 is 17.7 Å². The molecular formula is C25H32F2N4O2. The molecule has 1 fully saturated rings. The maximum atomic E-state index is 13.7. The highest BCUT2D eigenvalue weighted by atomic mass is 19.2. The monoisotopic (exact) mass is 458 g/mol. The predicted molar refractivity (Wildman–Crippen MR) is 123 cm³/mol. The second kappa shape index (κ2) is 11.3. The second-order valence-electron chi connectivity index (χ2n) is 8.93. The van der Waals surface area contributed by atoms with Crippen molar-refractivity contribution in [3.8, 4) is 0 Å². The van der Waals surface area contributed by atoms with Gasteiger partial charge in [0.1, 0.15) is 5.82 Å². The third-order valence-corrected chi connectivity index (χ3v) is 6.36. The summed E-state index contributed by atoms with van der Waals surface area (Å²) in [6.45, 7) is 4.41. The number of aryl methyl sites for hydroxylation is 1. The lowest BCUT2D eigenvalue weighted by molar-refractivity contribution is -0.129. The summed E-state index contributed by atoms with van der Waals surface area (Å²) in [6, 6.07) is 6.76. The summed E-state index contributed by atoms with van der Waals surface area (Å²) in [4.78, 5) is 32.1. The molecule has 8 heteroatoms. The van der Waals surface area contributed by atoms with Crippen molar-refractivity contribution in [3.63, 3.8) is 0 Å². The molecule has 3 N–H and O–H groups in total. The van der Waals surface area contributed by atoms with Crippen molar-refractivity contribution in [2.24, 2.45) is 0 Å². The molecule has 2 aromatic rings. The van der Waals surface area contributed by atoms with Crippen LogP contribution < -0.4 is 11.1 Å². The van der Waals surface area contributed by atoms with Gasteiger partial charge in [0.25, 0.3) is 0 Å². The van der Waals surface area contributed by atoms with Gasteiger partial charge in [0.2, 0.25) is 5.91 Å². The number of hydrogen-bond acceptors (Lipinski definition) is 5. The predicted octanol–water partition coefficient (Wildman–Crippen LogP) is 3.43. The zero-order valence-corrected chi connectivity index (χ0v) is 19.2. The van der Waals surface area contributed by atoms with Crippen LogP contribution in [0.2, 0.25) is 0 Å². The third-order valence-electron chi connectivity index (χ3n) is 6.36. The van der Waals surface area contributed by atoms with Gasteiger partial charge >= 0.3 is 0 Å². The van der Waals surface area contributed by atoms with E-state index in [4.69, 9.17) is 5.73 Å².